The Morgan fingerprint density at radius 1 is 1.10 bits per heavy atom. The van der Waals surface area contributed by atoms with Crippen LogP contribution in [-0.2, 0) is 23.9 Å². The van der Waals surface area contributed by atoms with Crippen LogP contribution < -0.4 is 10.2 Å². The molecule has 0 radical (unpaired) electrons. The minimum atomic E-state index is -0.625. The molecule has 8 nitrogen and oxygen atoms in total. The fourth-order valence-corrected chi connectivity index (χ4v) is 3.37. The molecule has 1 fully saturated rings. The van der Waals surface area contributed by atoms with Gasteiger partial charge in [-0.15, -0.1) is 0 Å². The minimum absolute atomic E-state index is 0.0445. The molecule has 3 rings (SSSR count). The molecule has 0 spiro atoms. The van der Waals surface area contributed by atoms with E-state index in [0.29, 0.717) is 11.3 Å². The number of methoxy groups -OCH3 is 1. The van der Waals surface area contributed by atoms with Crippen LogP contribution in [0.25, 0.3) is 0 Å². The minimum Gasteiger partial charge on any atom is -0.465 e. The molecule has 0 unspecified atom stereocenters. The van der Waals surface area contributed by atoms with E-state index in [-0.39, 0.29) is 18.9 Å². The zero-order valence-corrected chi connectivity index (χ0v) is 17.6. The normalized spacial score (nSPS) is 15.5. The van der Waals surface area contributed by atoms with Gasteiger partial charge < -0.3 is 19.7 Å². The molecule has 2 aromatic carbocycles. The summed E-state index contributed by atoms with van der Waals surface area (Å²) in [5.74, 6) is -2.36. The highest BCUT2D eigenvalue weighted by molar-refractivity contribution is 6.00. The molecule has 1 heterocycles. The summed E-state index contributed by atoms with van der Waals surface area (Å²) >= 11 is 0. The molecule has 162 valence electrons. The number of amides is 2. The quantitative estimate of drug-likeness (QED) is 0.716. The first-order valence-corrected chi connectivity index (χ1v) is 9.81. The highest BCUT2D eigenvalue weighted by Gasteiger charge is 2.36. The number of carbonyl (C=O) groups excluding carboxylic acids is 4. The van der Waals surface area contributed by atoms with Gasteiger partial charge in [-0.25, -0.2) is 4.79 Å². The van der Waals surface area contributed by atoms with E-state index in [1.54, 1.807) is 17.0 Å². The van der Waals surface area contributed by atoms with Gasteiger partial charge in [-0.05, 0) is 55.3 Å². The van der Waals surface area contributed by atoms with Gasteiger partial charge in [0.2, 0.25) is 5.91 Å². The van der Waals surface area contributed by atoms with Crippen LogP contribution in [0.4, 0.5) is 11.4 Å². The second-order valence-electron chi connectivity index (χ2n) is 7.42. The van der Waals surface area contributed by atoms with Crippen molar-refractivity contribution in [3.05, 3.63) is 59.2 Å². The topological polar surface area (TPSA) is 102 Å². The number of aryl methyl sites for hydroxylation is 2. The molecular formula is C23H24N2O6. The molecule has 1 N–H and O–H groups in total. The van der Waals surface area contributed by atoms with Crippen molar-refractivity contribution in [1.29, 1.82) is 0 Å². The molecule has 0 aromatic heterocycles. The van der Waals surface area contributed by atoms with Gasteiger partial charge >= 0.3 is 11.9 Å². The Morgan fingerprint density at radius 2 is 1.81 bits per heavy atom. The van der Waals surface area contributed by atoms with Crippen molar-refractivity contribution in [2.24, 2.45) is 5.92 Å². The third-order valence-corrected chi connectivity index (χ3v) is 5.05. The monoisotopic (exact) mass is 424 g/mol. The van der Waals surface area contributed by atoms with Crippen LogP contribution in [0.15, 0.2) is 42.5 Å². The van der Waals surface area contributed by atoms with Crippen molar-refractivity contribution in [3.8, 4) is 0 Å². The maximum atomic E-state index is 12.4. The zero-order valence-electron chi connectivity index (χ0n) is 17.6. The number of nitrogens with one attached hydrogen (secondary N) is 1. The molecule has 1 atom stereocenters. The Morgan fingerprint density at radius 3 is 2.48 bits per heavy atom. The van der Waals surface area contributed by atoms with Crippen molar-refractivity contribution < 1.29 is 28.7 Å². The van der Waals surface area contributed by atoms with Gasteiger partial charge in [-0.1, -0.05) is 12.1 Å². The Bertz CT molecular complexity index is 1020. The lowest BCUT2D eigenvalue weighted by Gasteiger charge is -2.19. The van der Waals surface area contributed by atoms with Crippen molar-refractivity contribution in [1.82, 2.24) is 0 Å². The molecule has 8 heteroatoms. The van der Waals surface area contributed by atoms with Crippen molar-refractivity contribution in [2.75, 3.05) is 30.5 Å². The first-order valence-electron chi connectivity index (χ1n) is 9.81. The lowest BCUT2D eigenvalue weighted by Crippen LogP contribution is -2.28. The molecular weight excluding hydrogens is 400 g/mol. The van der Waals surface area contributed by atoms with Gasteiger partial charge in [0.05, 0.1) is 18.6 Å². The standard InChI is InChI=1S/C23H24N2O6/c1-14-4-5-15(2)19(10-14)25-12-17(11-21(25)27)23(29)31-13-20(26)24-18-8-6-16(7-9-18)22(28)30-3/h4-10,17H,11-13H2,1-3H3,(H,24,26)/t17-/m1/s1. The molecule has 1 aliphatic rings. The Hall–Kier alpha value is -3.68. The van der Waals surface area contributed by atoms with Crippen LogP contribution >= 0.6 is 0 Å². The van der Waals surface area contributed by atoms with Crippen LogP contribution in [0.3, 0.4) is 0 Å². The number of hydrogen-bond donors (Lipinski definition) is 1. The van der Waals surface area contributed by atoms with Crippen LogP contribution in [0.2, 0.25) is 0 Å². The second kappa shape index (κ2) is 9.42. The summed E-state index contributed by atoms with van der Waals surface area (Å²) in [6.45, 7) is 3.61. The SMILES string of the molecule is COC(=O)c1ccc(NC(=O)COC(=O)[C@@H]2CC(=O)N(c3cc(C)ccc3C)C2)cc1. The summed E-state index contributed by atoms with van der Waals surface area (Å²) < 4.78 is 9.74. The molecule has 0 aliphatic carbocycles. The van der Waals surface area contributed by atoms with E-state index in [4.69, 9.17) is 4.74 Å². The van der Waals surface area contributed by atoms with Crippen LogP contribution in [0.1, 0.15) is 27.9 Å². The van der Waals surface area contributed by atoms with E-state index in [0.717, 1.165) is 16.8 Å². The summed E-state index contributed by atoms with van der Waals surface area (Å²) in [7, 11) is 1.28. The van der Waals surface area contributed by atoms with E-state index in [1.165, 1.54) is 19.2 Å². The van der Waals surface area contributed by atoms with Crippen LogP contribution in [0.5, 0.6) is 0 Å². The number of carbonyl (C=O) groups is 4. The van der Waals surface area contributed by atoms with Crippen molar-refractivity contribution >= 4 is 35.1 Å². The van der Waals surface area contributed by atoms with Crippen LogP contribution in [0, 0.1) is 19.8 Å². The van der Waals surface area contributed by atoms with E-state index in [1.807, 2.05) is 32.0 Å². The molecule has 2 amide bonds. The highest BCUT2D eigenvalue weighted by Crippen LogP contribution is 2.29. The van der Waals surface area contributed by atoms with Gasteiger partial charge in [0.1, 0.15) is 0 Å². The van der Waals surface area contributed by atoms with E-state index in [2.05, 4.69) is 10.1 Å². The smallest absolute Gasteiger partial charge is 0.337 e. The largest absolute Gasteiger partial charge is 0.465 e. The first-order chi connectivity index (χ1) is 14.8. The molecule has 1 saturated heterocycles. The maximum Gasteiger partial charge on any atom is 0.337 e. The van der Waals surface area contributed by atoms with Gasteiger partial charge in [0, 0.05) is 24.3 Å². The van der Waals surface area contributed by atoms with E-state index >= 15 is 0 Å². The van der Waals surface area contributed by atoms with Crippen molar-refractivity contribution in [3.63, 3.8) is 0 Å². The van der Waals surface area contributed by atoms with Crippen molar-refractivity contribution in [2.45, 2.75) is 20.3 Å². The average Bonchev–Trinajstić information content (AvgIpc) is 3.15. The Balaban J connectivity index is 1.52. The second-order valence-corrected chi connectivity index (χ2v) is 7.42. The fraction of sp³-hybridized carbons (Fsp3) is 0.304. The Kier molecular flexibility index (Phi) is 6.69. The molecule has 0 bridgehead atoms. The summed E-state index contributed by atoms with van der Waals surface area (Å²) in [4.78, 5) is 49.9. The molecule has 2 aromatic rings. The zero-order chi connectivity index (χ0) is 22.5. The highest BCUT2D eigenvalue weighted by atomic mass is 16.5. The summed E-state index contributed by atoms with van der Waals surface area (Å²) in [6, 6.07) is 11.9. The van der Waals surface area contributed by atoms with Gasteiger partial charge in [-0.3, -0.25) is 14.4 Å². The average molecular weight is 424 g/mol. The Labute approximate surface area is 180 Å². The number of ether oxygens (including phenoxy) is 2. The predicted octanol–water partition coefficient (Wildman–Crippen LogP) is 2.62. The summed E-state index contributed by atoms with van der Waals surface area (Å²) in [6.07, 6.45) is 0.0445. The number of hydrogen-bond acceptors (Lipinski definition) is 6. The third-order valence-electron chi connectivity index (χ3n) is 5.05. The fourth-order valence-electron chi connectivity index (χ4n) is 3.37. The molecule has 31 heavy (non-hydrogen) atoms. The molecule has 1 aliphatic heterocycles. The number of esters is 2. The van der Waals surface area contributed by atoms with E-state index in [9.17, 15) is 19.2 Å². The number of rotatable bonds is 6. The summed E-state index contributed by atoms with van der Waals surface area (Å²) in [5.41, 5.74) is 3.56. The first kappa shape index (κ1) is 22.0. The number of benzene rings is 2. The molecule has 0 saturated carbocycles. The van der Waals surface area contributed by atoms with Crippen LogP contribution in [-0.4, -0.2) is 44.0 Å². The maximum absolute atomic E-state index is 12.4. The van der Waals surface area contributed by atoms with Gasteiger partial charge in [-0.2, -0.15) is 0 Å². The predicted molar refractivity (Wildman–Crippen MR) is 114 cm³/mol. The summed E-state index contributed by atoms with van der Waals surface area (Å²) in [5, 5.41) is 2.58. The number of anilines is 2. The van der Waals surface area contributed by atoms with Gasteiger partial charge in [0.15, 0.2) is 6.61 Å². The number of nitrogens with zero attached hydrogens (tertiary/aromatic N) is 1. The lowest BCUT2D eigenvalue weighted by atomic mass is 10.1. The lowest BCUT2D eigenvalue weighted by molar-refractivity contribution is -0.151. The third kappa shape index (κ3) is 5.28. The van der Waals surface area contributed by atoms with Gasteiger partial charge in [0.25, 0.3) is 5.91 Å². The van der Waals surface area contributed by atoms with E-state index < -0.39 is 30.4 Å².